The summed E-state index contributed by atoms with van der Waals surface area (Å²) in [4.78, 5) is 0. The molecule has 1 atom stereocenters. The Morgan fingerprint density at radius 2 is 2.25 bits per heavy atom. The van der Waals surface area contributed by atoms with E-state index in [0.29, 0.717) is 4.60 Å². The SMILES string of the molecule is Cn1nc(Br)cc1C(O)C(F)F. The van der Waals surface area contributed by atoms with Crippen LogP contribution in [0.4, 0.5) is 8.78 Å². The first kappa shape index (κ1) is 9.60. The summed E-state index contributed by atoms with van der Waals surface area (Å²) in [6, 6.07) is 1.36. The standard InChI is InChI=1S/C6H7BrF2N2O/c1-11-3(2-4(7)10-11)5(12)6(8)9/h2,5-6,12H,1H3. The van der Waals surface area contributed by atoms with E-state index in [2.05, 4.69) is 21.0 Å². The lowest BCUT2D eigenvalue weighted by Crippen LogP contribution is -2.12. The average Bonchev–Trinajstić information content (AvgIpc) is 2.28. The molecule has 0 aromatic carbocycles. The maximum absolute atomic E-state index is 12.0. The zero-order chi connectivity index (χ0) is 9.30. The van der Waals surface area contributed by atoms with E-state index in [1.54, 1.807) is 0 Å². The molecule has 1 rings (SSSR count). The molecule has 1 heterocycles. The van der Waals surface area contributed by atoms with Crippen molar-refractivity contribution in [1.82, 2.24) is 9.78 Å². The third-order valence-electron chi connectivity index (χ3n) is 1.43. The molecular weight excluding hydrogens is 234 g/mol. The van der Waals surface area contributed by atoms with Gasteiger partial charge in [0.1, 0.15) is 4.60 Å². The molecular formula is C6H7BrF2N2O. The molecule has 0 saturated heterocycles. The number of halogens is 3. The summed E-state index contributed by atoms with van der Waals surface area (Å²) in [6.45, 7) is 0. The van der Waals surface area contributed by atoms with Crippen LogP contribution in [0.15, 0.2) is 10.7 Å². The van der Waals surface area contributed by atoms with Gasteiger partial charge in [-0.3, -0.25) is 4.68 Å². The smallest absolute Gasteiger partial charge is 0.269 e. The van der Waals surface area contributed by atoms with Crippen LogP contribution in [0, 0.1) is 0 Å². The Balaban J connectivity index is 2.94. The normalized spacial score (nSPS) is 13.8. The van der Waals surface area contributed by atoms with Gasteiger partial charge in [-0.15, -0.1) is 0 Å². The van der Waals surface area contributed by atoms with E-state index < -0.39 is 12.5 Å². The molecule has 0 bridgehead atoms. The lowest BCUT2D eigenvalue weighted by Gasteiger charge is -2.08. The maximum atomic E-state index is 12.0. The van der Waals surface area contributed by atoms with Crippen LogP contribution in [0.2, 0.25) is 0 Å². The first-order chi connectivity index (χ1) is 5.52. The molecule has 0 saturated carbocycles. The molecule has 0 aliphatic rings. The van der Waals surface area contributed by atoms with Gasteiger partial charge in [-0.25, -0.2) is 8.78 Å². The fraction of sp³-hybridized carbons (Fsp3) is 0.500. The maximum Gasteiger partial charge on any atom is 0.269 e. The number of aryl methyl sites for hydroxylation is 1. The number of aromatic nitrogens is 2. The van der Waals surface area contributed by atoms with Crippen LogP contribution in [0.3, 0.4) is 0 Å². The molecule has 0 aliphatic carbocycles. The Labute approximate surface area is 76.1 Å². The molecule has 1 aromatic rings. The second-order valence-electron chi connectivity index (χ2n) is 2.29. The Morgan fingerprint density at radius 1 is 1.67 bits per heavy atom. The minimum atomic E-state index is -2.78. The Morgan fingerprint density at radius 3 is 2.58 bits per heavy atom. The van der Waals surface area contributed by atoms with Crippen molar-refractivity contribution in [2.45, 2.75) is 12.5 Å². The molecule has 0 fully saturated rings. The van der Waals surface area contributed by atoms with Gasteiger partial charge >= 0.3 is 0 Å². The van der Waals surface area contributed by atoms with Crippen molar-refractivity contribution in [2.75, 3.05) is 0 Å². The van der Waals surface area contributed by atoms with E-state index in [1.807, 2.05) is 0 Å². The number of nitrogens with zero attached hydrogens (tertiary/aromatic N) is 2. The zero-order valence-corrected chi connectivity index (χ0v) is 7.79. The molecule has 12 heavy (non-hydrogen) atoms. The van der Waals surface area contributed by atoms with Gasteiger partial charge in [-0.05, 0) is 22.0 Å². The van der Waals surface area contributed by atoms with Crippen LogP contribution in [0.25, 0.3) is 0 Å². The van der Waals surface area contributed by atoms with E-state index >= 15 is 0 Å². The highest BCUT2D eigenvalue weighted by Crippen LogP contribution is 2.22. The largest absolute Gasteiger partial charge is 0.381 e. The Kier molecular flexibility index (Phi) is 2.79. The van der Waals surface area contributed by atoms with Gasteiger partial charge in [0, 0.05) is 7.05 Å². The summed E-state index contributed by atoms with van der Waals surface area (Å²) in [5.41, 5.74) is 0.0943. The molecule has 0 spiro atoms. The number of alkyl halides is 2. The first-order valence-corrected chi connectivity index (χ1v) is 3.97. The highest BCUT2D eigenvalue weighted by atomic mass is 79.9. The van der Waals surface area contributed by atoms with Crippen LogP contribution in [-0.2, 0) is 7.05 Å². The third kappa shape index (κ3) is 1.81. The third-order valence-corrected chi connectivity index (χ3v) is 1.82. The second-order valence-corrected chi connectivity index (χ2v) is 3.11. The Hall–Kier alpha value is -0.490. The number of aliphatic hydroxyl groups is 1. The predicted octanol–water partition coefficient (Wildman–Crippen LogP) is 1.48. The Bertz CT molecular complexity index is 277. The minimum absolute atomic E-state index is 0.0943. The van der Waals surface area contributed by atoms with Crippen molar-refractivity contribution in [1.29, 1.82) is 0 Å². The molecule has 6 heteroatoms. The van der Waals surface area contributed by atoms with Crippen molar-refractivity contribution < 1.29 is 13.9 Å². The molecule has 1 aromatic heterocycles. The summed E-state index contributed by atoms with van der Waals surface area (Å²) in [7, 11) is 1.49. The topological polar surface area (TPSA) is 38.0 Å². The summed E-state index contributed by atoms with van der Waals surface area (Å²) < 4.78 is 25.6. The first-order valence-electron chi connectivity index (χ1n) is 3.18. The summed E-state index contributed by atoms with van der Waals surface area (Å²) in [5.74, 6) is 0. The van der Waals surface area contributed by atoms with E-state index in [0.717, 1.165) is 0 Å². The van der Waals surface area contributed by atoms with Crippen LogP contribution in [0.5, 0.6) is 0 Å². The van der Waals surface area contributed by atoms with Crippen LogP contribution in [0.1, 0.15) is 11.8 Å². The van der Waals surface area contributed by atoms with Crippen molar-refractivity contribution in [3.05, 3.63) is 16.4 Å². The van der Waals surface area contributed by atoms with Crippen LogP contribution >= 0.6 is 15.9 Å². The van der Waals surface area contributed by atoms with E-state index in [4.69, 9.17) is 5.11 Å². The van der Waals surface area contributed by atoms with Gasteiger partial charge in [-0.1, -0.05) is 0 Å². The lowest BCUT2D eigenvalue weighted by molar-refractivity contribution is -0.0103. The molecule has 0 aliphatic heterocycles. The van der Waals surface area contributed by atoms with Crippen LogP contribution < -0.4 is 0 Å². The van der Waals surface area contributed by atoms with Gasteiger partial charge < -0.3 is 5.11 Å². The zero-order valence-electron chi connectivity index (χ0n) is 6.21. The summed E-state index contributed by atoms with van der Waals surface area (Å²) >= 11 is 3.01. The molecule has 0 radical (unpaired) electrons. The van der Waals surface area contributed by atoms with Crippen molar-refractivity contribution in [3.63, 3.8) is 0 Å². The highest BCUT2D eigenvalue weighted by Gasteiger charge is 2.22. The number of rotatable bonds is 2. The van der Waals surface area contributed by atoms with Gasteiger partial charge in [0.15, 0.2) is 6.10 Å². The van der Waals surface area contributed by atoms with Gasteiger partial charge in [0.05, 0.1) is 5.69 Å². The number of hydrogen-bond donors (Lipinski definition) is 1. The quantitative estimate of drug-likeness (QED) is 0.851. The predicted molar refractivity (Wildman–Crippen MR) is 41.9 cm³/mol. The fourth-order valence-electron chi connectivity index (χ4n) is 0.851. The van der Waals surface area contributed by atoms with Crippen LogP contribution in [-0.4, -0.2) is 21.3 Å². The molecule has 68 valence electrons. The van der Waals surface area contributed by atoms with Crippen molar-refractivity contribution in [2.24, 2.45) is 7.05 Å². The van der Waals surface area contributed by atoms with E-state index in [9.17, 15) is 8.78 Å². The molecule has 3 nitrogen and oxygen atoms in total. The number of hydrogen-bond acceptors (Lipinski definition) is 2. The lowest BCUT2D eigenvalue weighted by atomic mass is 10.3. The minimum Gasteiger partial charge on any atom is -0.381 e. The molecule has 1 unspecified atom stereocenters. The average molecular weight is 241 g/mol. The van der Waals surface area contributed by atoms with E-state index in [-0.39, 0.29) is 5.69 Å². The highest BCUT2D eigenvalue weighted by molar-refractivity contribution is 9.10. The summed E-state index contributed by atoms with van der Waals surface area (Å²) in [6.07, 6.45) is -4.55. The van der Waals surface area contributed by atoms with Gasteiger partial charge in [0.25, 0.3) is 6.43 Å². The van der Waals surface area contributed by atoms with Crippen molar-refractivity contribution >= 4 is 15.9 Å². The molecule has 0 amide bonds. The van der Waals surface area contributed by atoms with Gasteiger partial charge in [-0.2, -0.15) is 5.10 Å². The fourth-order valence-corrected chi connectivity index (χ4v) is 1.32. The van der Waals surface area contributed by atoms with Gasteiger partial charge in [0.2, 0.25) is 0 Å². The molecule has 1 N–H and O–H groups in total. The second kappa shape index (κ2) is 3.49. The van der Waals surface area contributed by atoms with Crippen molar-refractivity contribution in [3.8, 4) is 0 Å². The summed E-state index contributed by atoms with van der Waals surface area (Å²) in [5, 5.41) is 12.7. The monoisotopic (exact) mass is 240 g/mol. The van der Waals surface area contributed by atoms with E-state index in [1.165, 1.54) is 17.8 Å². The number of aliphatic hydroxyl groups excluding tert-OH is 1.